The zero-order valence-electron chi connectivity index (χ0n) is 10.1. The summed E-state index contributed by atoms with van der Waals surface area (Å²) in [6.07, 6.45) is 0. The minimum Gasteiger partial charge on any atom is -0.292 e. The lowest BCUT2D eigenvalue weighted by Crippen LogP contribution is -2.12. The Hall–Kier alpha value is -1.35. The molecular formula is C13H17O3. The van der Waals surface area contributed by atoms with Crippen LogP contribution < -0.4 is 0 Å². The zero-order chi connectivity index (χ0) is 12.2. The predicted octanol–water partition coefficient (Wildman–Crippen LogP) is 3.29. The molecule has 0 unspecified atom stereocenters. The summed E-state index contributed by atoms with van der Waals surface area (Å²) in [5.41, 5.74) is 1.43. The molecule has 0 spiro atoms. The fourth-order valence-electron chi connectivity index (χ4n) is 0.950. The number of carbonyl (C=O) groups excluding carboxylic acids is 1. The molecule has 87 valence electrons. The standard InChI is InChI=1S/C13H17O3/c1-10-5-7-11(8-6-10)12(14)16-15-9-13(2,3)4/h5-9H,1-4H3. The van der Waals surface area contributed by atoms with Crippen LogP contribution in [0.15, 0.2) is 24.3 Å². The molecule has 1 aromatic rings. The van der Waals surface area contributed by atoms with E-state index in [9.17, 15) is 4.79 Å². The fourth-order valence-corrected chi connectivity index (χ4v) is 0.950. The Morgan fingerprint density at radius 3 is 2.25 bits per heavy atom. The normalized spacial score (nSPS) is 11.2. The lowest BCUT2D eigenvalue weighted by Gasteiger charge is -2.15. The van der Waals surface area contributed by atoms with Gasteiger partial charge in [0.05, 0.1) is 5.56 Å². The van der Waals surface area contributed by atoms with E-state index < -0.39 is 5.97 Å². The SMILES string of the molecule is Cc1ccc(C(=O)OO[CH]C(C)(C)C)cc1. The first kappa shape index (κ1) is 12.7. The maximum atomic E-state index is 11.5. The predicted molar refractivity (Wildman–Crippen MR) is 61.4 cm³/mol. The van der Waals surface area contributed by atoms with Crippen molar-refractivity contribution in [2.45, 2.75) is 27.7 Å². The molecule has 0 amide bonds. The van der Waals surface area contributed by atoms with E-state index in [1.54, 1.807) is 12.1 Å². The third-order valence-corrected chi connectivity index (χ3v) is 1.81. The molecule has 0 aliphatic carbocycles. The van der Waals surface area contributed by atoms with Crippen molar-refractivity contribution in [3.05, 3.63) is 42.0 Å². The van der Waals surface area contributed by atoms with Crippen LogP contribution in [-0.4, -0.2) is 5.97 Å². The van der Waals surface area contributed by atoms with E-state index >= 15 is 0 Å². The first-order chi connectivity index (χ1) is 7.38. The molecular weight excluding hydrogens is 204 g/mol. The molecule has 16 heavy (non-hydrogen) atoms. The van der Waals surface area contributed by atoms with Crippen LogP contribution in [-0.2, 0) is 9.78 Å². The van der Waals surface area contributed by atoms with Gasteiger partial charge < -0.3 is 0 Å². The van der Waals surface area contributed by atoms with Crippen molar-refractivity contribution in [2.75, 3.05) is 0 Å². The number of rotatable bonds is 3. The van der Waals surface area contributed by atoms with Crippen molar-refractivity contribution in [3.8, 4) is 0 Å². The summed E-state index contributed by atoms with van der Waals surface area (Å²) in [6, 6.07) is 7.12. The summed E-state index contributed by atoms with van der Waals surface area (Å²) in [4.78, 5) is 20.9. The van der Waals surface area contributed by atoms with Gasteiger partial charge in [0, 0.05) is 0 Å². The largest absolute Gasteiger partial charge is 0.373 e. The van der Waals surface area contributed by atoms with Crippen LogP contribution in [0.4, 0.5) is 0 Å². The Labute approximate surface area is 96.3 Å². The van der Waals surface area contributed by atoms with Crippen LogP contribution in [0.5, 0.6) is 0 Å². The Morgan fingerprint density at radius 2 is 1.75 bits per heavy atom. The molecule has 1 rings (SSSR count). The molecule has 3 nitrogen and oxygen atoms in total. The van der Waals surface area contributed by atoms with Crippen molar-refractivity contribution in [1.82, 2.24) is 0 Å². The number of hydrogen-bond donors (Lipinski definition) is 0. The monoisotopic (exact) mass is 221 g/mol. The van der Waals surface area contributed by atoms with Crippen LogP contribution in [0.25, 0.3) is 0 Å². The molecule has 0 atom stereocenters. The molecule has 0 saturated heterocycles. The highest BCUT2D eigenvalue weighted by Gasteiger charge is 2.14. The van der Waals surface area contributed by atoms with Gasteiger partial charge in [-0.05, 0) is 24.5 Å². The van der Waals surface area contributed by atoms with E-state index in [0.717, 1.165) is 5.56 Å². The molecule has 0 bridgehead atoms. The molecule has 0 aromatic heterocycles. The van der Waals surface area contributed by atoms with Gasteiger partial charge in [-0.1, -0.05) is 38.5 Å². The van der Waals surface area contributed by atoms with Gasteiger partial charge in [-0.2, -0.15) is 4.89 Å². The third-order valence-electron chi connectivity index (χ3n) is 1.81. The zero-order valence-corrected chi connectivity index (χ0v) is 10.1. The van der Waals surface area contributed by atoms with Gasteiger partial charge in [-0.3, -0.25) is 4.89 Å². The summed E-state index contributed by atoms with van der Waals surface area (Å²) in [5.74, 6) is -0.486. The second-order valence-corrected chi connectivity index (χ2v) is 4.82. The summed E-state index contributed by atoms with van der Waals surface area (Å²) >= 11 is 0. The third kappa shape index (κ3) is 4.45. The van der Waals surface area contributed by atoms with Gasteiger partial charge in [-0.15, -0.1) is 0 Å². The molecule has 0 N–H and O–H groups in total. The van der Waals surface area contributed by atoms with Crippen LogP contribution in [0.1, 0.15) is 36.7 Å². The van der Waals surface area contributed by atoms with Crippen molar-refractivity contribution >= 4 is 5.97 Å². The molecule has 0 aliphatic heterocycles. The Bertz CT molecular complexity index is 346. The first-order valence-electron chi connectivity index (χ1n) is 5.17. The van der Waals surface area contributed by atoms with Gasteiger partial charge in [-0.25, -0.2) is 4.79 Å². The van der Waals surface area contributed by atoms with Crippen LogP contribution >= 0.6 is 0 Å². The molecule has 0 fully saturated rings. The van der Waals surface area contributed by atoms with E-state index in [4.69, 9.17) is 4.89 Å². The van der Waals surface area contributed by atoms with Crippen LogP contribution in [0, 0.1) is 18.9 Å². The highest BCUT2D eigenvalue weighted by atomic mass is 17.2. The Morgan fingerprint density at radius 1 is 1.19 bits per heavy atom. The number of benzene rings is 1. The lowest BCUT2D eigenvalue weighted by molar-refractivity contribution is -0.224. The van der Waals surface area contributed by atoms with Crippen LogP contribution in [0.2, 0.25) is 0 Å². The van der Waals surface area contributed by atoms with Gasteiger partial charge in [0.2, 0.25) is 0 Å². The average Bonchev–Trinajstić information content (AvgIpc) is 2.16. The first-order valence-corrected chi connectivity index (χ1v) is 5.17. The van der Waals surface area contributed by atoms with Crippen molar-refractivity contribution in [1.29, 1.82) is 0 Å². The smallest absolute Gasteiger partial charge is 0.292 e. The highest BCUT2D eigenvalue weighted by Crippen LogP contribution is 2.18. The molecule has 1 aromatic carbocycles. The van der Waals surface area contributed by atoms with E-state index in [1.807, 2.05) is 39.8 Å². The van der Waals surface area contributed by atoms with Gasteiger partial charge in [0.1, 0.15) is 6.61 Å². The van der Waals surface area contributed by atoms with E-state index in [2.05, 4.69) is 4.89 Å². The summed E-state index contributed by atoms with van der Waals surface area (Å²) in [7, 11) is 0. The molecule has 0 saturated carbocycles. The maximum absolute atomic E-state index is 11.5. The minimum atomic E-state index is -0.486. The highest BCUT2D eigenvalue weighted by molar-refractivity contribution is 5.88. The van der Waals surface area contributed by atoms with Crippen molar-refractivity contribution in [2.24, 2.45) is 5.41 Å². The number of hydrogen-bond acceptors (Lipinski definition) is 3. The fraction of sp³-hybridized carbons (Fsp3) is 0.385. The number of aryl methyl sites for hydroxylation is 1. The molecule has 1 radical (unpaired) electrons. The van der Waals surface area contributed by atoms with Gasteiger partial charge in [0.15, 0.2) is 0 Å². The van der Waals surface area contributed by atoms with E-state index in [-0.39, 0.29) is 5.41 Å². The summed E-state index contributed by atoms with van der Waals surface area (Å²) in [5, 5.41) is 0. The minimum absolute atomic E-state index is 0.145. The van der Waals surface area contributed by atoms with E-state index in [0.29, 0.717) is 5.56 Å². The van der Waals surface area contributed by atoms with Crippen molar-refractivity contribution in [3.63, 3.8) is 0 Å². The van der Waals surface area contributed by atoms with Gasteiger partial charge >= 0.3 is 5.97 Å². The summed E-state index contributed by atoms with van der Waals surface area (Å²) < 4.78 is 0. The van der Waals surface area contributed by atoms with Crippen molar-refractivity contribution < 1.29 is 14.6 Å². The Balaban J connectivity index is 2.44. The second kappa shape index (κ2) is 5.12. The summed E-state index contributed by atoms with van der Waals surface area (Å²) in [6.45, 7) is 9.30. The molecule has 0 heterocycles. The maximum Gasteiger partial charge on any atom is 0.373 e. The van der Waals surface area contributed by atoms with Gasteiger partial charge in [0.25, 0.3) is 0 Å². The molecule has 3 heteroatoms. The Kier molecular flexibility index (Phi) is 4.07. The molecule has 0 aliphatic rings. The quantitative estimate of drug-likeness (QED) is 0.580. The number of carbonyl (C=O) groups is 1. The average molecular weight is 221 g/mol. The topological polar surface area (TPSA) is 35.5 Å². The lowest BCUT2D eigenvalue weighted by atomic mass is 9.99. The van der Waals surface area contributed by atoms with Crippen LogP contribution in [0.3, 0.4) is 0 Å². The second-order valence-electron chi connectivity index (χ2n) is 4.82. The van der Waals surface area contributed by atoms with E-state index in [1.165, 1.54) is 6.61 Å².